The van der Waals surface area contributed by atoms with Gasteiger partial charge in [0.1, 0.15) is 11.4 Å². The Kier molecular flexibility index (Phi) is 4.77. The van der Waals surface area contributed by atoms with Crippen molar-refractivity contribution in [1.29, 1.82) is 0 Å². The van der Waals surface area contributed by atoms with Crippen molar-refractivity contribution in [2.75, 3.05) is 13.7 Å². The van der Waals surface area contributed by atoms with Crippen LogP contribution >= 0.6 is 0 Å². The van der Waals surface area contributed by atoms with E-state index in [1.807, 2.05) is 12.1 Å². The molecular weight excluding hydrogens is 306 g/mol. The quantitative estimate of drug-likeness (QED) is 0.646. The third-order valence-corrected chi connectivity index (χ3v) is 3.88. The molecule has 0 radical (unpaired) electrons. The summed E-state index contributed by atoms with van der Waals surface area (Å²) in [7, 11) is 1.59. The van der Waals surface area contributed by atoms with E-state index in [4.69, 9.17) is 4.74 Å². The molecule has 3 rings (SSSR count). The standard InChI is InChI=1S/C18H19N3O3/c1-24-14-6-4-12(5-7-14)16(22)11-20-17(23)9-13-10-21-18-15(13)3-2-8-19-18/h2-8,10,16,22H,9,11H2,1H3,(H,19,21)(H,20,23). The van der Waals surface area contributed by atoms with Crippen molar-refractivity contribution in [2.24, 2.45) is 0 Å². The van der Waals surface area contributed by atoms with Gasteiger partial charge in [-0.05, 0) is 35.4 Å². The number of aromatic amines is 1. The summed E-state index contributed by atoms with van der Waals surface area (Å²) < 4.78 is 5.08. The van der Waals surface area contributed by atoms with Crippen LogP contribution in [0.1, 0.15) is 17.2 Å². The molecule has 6 heteroatoms. The number of hydrogen-bond acceptors (Lipinski definition) is 4. The van der Waals surface area contributed by atoms with Crippen LogP contribution in [0.4, 0.5) is 0 Å². The van der Waals surface area contributed by atoms with Gasteiger partial charge in [-0.1, -0.05) is 12.1 Å². The van der Waals surface area contributed by atoms with Crippen LogP contribution < -0.4 is 10.1 Å². The Morgan fingerprint density at radius 1 is 1.33 bits per heavy atom. The van der Waals surface area contributed by atoms with Gasteiger partial charge >= 0.3 is 0 Å². The number of H-pyrrole nitrogens is 1. The maximum Gasteiger partial charge on any atom is 0.224 e. The van der Waals surface area contributed by atoms with Crippen molar-refractivity contribution in [2.45, 2.75) is 12.5 Å². The molecule has 6 nitrogen and oxygen atoms in total. The van der Waals surface area contributed by atoms with Gasteiger partial charge < -0.3 is 20.1 Å². The Labute approximate surface area is 139 Å². The summed E-state index contributed by atoms with van der Waals surface area (Å²) >= 11 is 0. The van der Waals surface area contributed by atoms with Crippen LogP contribution in [-0.2, 0) is 11.2 Å². The Balaban J connectivity index is 1.56. The molecule has 0 bridgehead atoms. The predicted molar refractivity (Wildman–Crippen MR) is 90.8 cm³/mol. The highest BCUT2D eigenvalue weighted by molar-refractivity contribution is 5.87. The Morgan fingerprint density at radius 3 is 2.88 bits per heavy atom. The highest BCUT2D eigenvalue weighted by Crippen LogP contribution is 2.18. The Bertz CT molecular complexity index is 827. The van der Waals surface area contributed by atoms with E-state index in [1.54, 1.807) is 43.8 Å². The number of nitrogens with zero attached hydrogens (tertiary/aromatic N) is 1. The number of fused-ring (bicyclic) bond motifs is 1. The smallest absolute Gasteiger partial charge is 0.224 e. The lowest BCUT2D eigenvalue weighted by atomic mass is 10.1. The second-order valence-corrected chi connectivity index (χ2v) is 5.48. The number of carbonyl (C=O) groups excluding carboxylic acids is 1. The molecule has 0 saturated carbocycles. The number of aliphatic hydroxyl groups excluding tert-OH is 1. The summed E-state index contributed by atoms with van der Waals surface area (Å²) in [5.41, 5.74) is 2.38. The van der Waals surface area contributed by atoms with E-state index in [0.717, 1.165) is 27.9 Å². The first-order valence-electron chi connectivity index (χ1n) is 7.67. The van der Waals surface area contributed by atoms with Crippen molar-refractivity contribution in [3.05, 3.63) is 59.9 Å². The van der Waals surface area contributed by atoms with Crippen LogP contribution in [0.2, 0.25) is 0 Å². The molecule has 0 spiro atoms. The minimum absolute atomic E-state index is 0.146. The number of hydrogen-bond donors (Lipinski definition) is 3. The zero-order valence-corrected chi connectivity index (χ0v) is 13.3. The average molecular weight is 325 g/mol. The Morgan fingerprint density at radius 2 is 2.12 bits per heavy atom. The van der Waals surface area contributed by atoms with Gasteiger partial charge in [-0.2, -0.15) is 0 Å². The lowest BCUT2D eigenvalue weighted by Gasteiger charge is -2.12. The van der Waals surface area contributed by atoms with Crippen LogP contribution in [0.3, 0.4) is 0 Å². The minimum atomic E-state index is -0.760. The van der Waals surface area contributed by atoms with Crippen LogP contribution in [0.15, 0.2) is 48.8 Å². The first-order chi connectivity index (χ1) is 11.7. The molecule has 2 heterocycles. The lowest BCUT2D eigenvalue weighted by Crippen LogP contribution is -2.29. The zero-order valence-electron chi connectivity index (χ0n) is 13.3. The maximum atomic E-state index is 12.1. The molecule has 3 aromatic rings. The van der Waals surface area contributed by atoms with E-state index in [-0.39, 0.29) is 18.9 Å². The molecule has 124 valence electrons. The first kappa shape index (κ1) is 16.0. The van der Waals surface area contributed by atoms with Crippen LogP contribution in [0, 0.1) is 0 Å². The van der Waals surface area contributed by atoms with Crippen LogP contribution in [-0.4, -0.2) is 34.6 Å². The lowest BCUT2D eigenvalue weighted by molar-refractivity contribution is -0.120. The van der Waals surface area contributed by atoms with Gasteiger partial charge in [-0.15, -0.1) is 0 Å². The third-order valence-electron chi connectivity index (χ3n) is 3.88. The fourth-order valence-corrected chi connectivity index (χ4v) is 2.55. The van der Waals surface area contributed by atoms with Gasteiger partial charge in [-0.25, -0.2) is 4.98 Å². The second-order valence-electron chi connectivity index (χ2n) is 5.48. The summed E-state index contributed by atoms with van der Waals surface area (Å²) in [5.74, 6) is 0.579. The molecule has 0 aliphatic rings. The molecule has 1 amide bonds. The fraction of sp³-hybridized carbons (Fsp3) is 0.222. The van der Waals surface area contributed by atoms with E-state index >= 15 is 0 Å². The molecule has 0 fully saturated rings. The van der Waals surface area contributed by atoms with E-state index < -0.39 is 6.10 Å². The molecule has 1 aromatic carbocycles. The number of methoxy groups -OCH3 is 1. The van der Waals surface area contributed by atoms with E-state index in [1.165, 1.54) is 0 Å². The third kappa shape index (κ3) is 3.55. The minimum Gasteiger partial charge on any atom is -0.497 e. The summed E-state index contributed by atoms with van der Waals surface area (Å²) in [4.78, 5) is 19.4. The zero-order chi connectivity index (χ0) is 16.9. The molecule has 3 N–H and O–H groups in total. The Hall–Kier alpha value is -2.86. The molecule has 0 aliphatic carbocycles. The van der Waals surface area contributed by atoms with Crippen molar-refractivity contribution in [3.8, 4) is 5.75 Å². The molecule has 0 aliphatic heterocycles. The number of pyridine rings is 1. The van der Waals surface area contributed by atoms with Crippen molar-refractivity contribution >= 4 is 16.9 Å². The number of aromatic nitrogens is 2. The van der Waals surface area contributed by atoms with E-state index in [2.05, 4.69) is 15.3 Å². The van der Waals surface area contributed by atoms with Crippen molar-refractivity contribution in [1.82, 2.24) is 15.3 Å². The number of rotatable bonds is 6. The number of amides is 1. The fourth-order valence-electron chi connectivity index (χ4n) is 2.55. The van der Waals surface area contributed by atoms with Crippen molar-refractivity contribution < 1.29 is 14.6 Å². The predicted octanol–water partition coefficient (Wildman–Crippen LogP) is 1.96. The number of benzene rings is 1. The van der Waals surface area contributed by atoms with Gasteiger partial charge in [-0.3, -0.25) is 4.79 Å². The van der Waals surface area contributed by atoms with Gasteiger partial charge in [0.15, 0.2) is 0 Å². The van der Waals surface area contributed by atoms with Crippen LogP contribution in [0.5, 0.6) is 5.75 Å². The monoisotopic (exact) mass is 325 g/mol. The highest BCUT2D eigenvalue weighted by Gasteiger charge is 2.12. The van der Waals surface area contributed by atoms with Gasteiger partial charge in [0, 0.05) is 24.3 Å². The number of nitrogens with one attached hydrogen (secondary N) is 2. The molecular formula is C18H19N3O3. The summed E-state index contributed by atoms with van der Waals surface area (Å²) in [5, 5.41) is 13.9. The SMILES string of the molecule is COc1ccc(C(O)CNC(=O)Cc2c[nH]c3ncccc23)cc1. The summed E-state index contributed by atoms with van der Waals surface area (Å²) in [6.45, 7) is 0.158. The highest BCUT2D eigenvalue weighted by atomic mass is 16.5. The van der Waals surface area contributed by atoms with Gasteiger partial charge in [0.05, 0.1) is 19.6 Å². The van der Waals surface area contributed by atoms with Crippen molar-refractivity contribution in [3.63, 3.8) is 0 Å². The number of carbonyl (C=O) groups is 1. The number of aliphatic hydroxyl groups is 1. The molecule has 1 atom stereocenters. The van der Waals surface area contributed by atoms with E-state index in [9.17, 15) is 9.90 Å². The van der Waals surface area contributed by atoms with Crippen LogP contribution in [0.25, 0.3) is 11.0 Å². The summed E-state index contributed by atoms with van der Waals surface area (Å²) in [6, 6.07) is 10.9. The molecule has 24 heavy (non-hydrogen) atoms. The molecule has 2 aromatic heterocycles. The molecule has 1 unspecified atom stereocenters. The topological polar surface area (TPSA) is 87.2 Å². The average Bonchev–Trinajstić information content (AvgIpc) is 3.03. The van der Waals surface area contributed by atoms with E-state index in [0.29, 0.717) is 0 Å². The molecule has 0 saturated heterocycles. The maximum absolute atomic E-state index is 12.1. The van der Waals surface area contributed by atoms with Gasteiger partial charge in [0.2, 0.25) is 5.91 Å². The second kappa shape index (κ2) is 7.14. The normalized spacial score (nSPS) is 12.1. The summed E-state index contributed by atoms with van der Waals surface area (Å²) in [6.07, 6.45) is 2.97. The van der Waals surface area contributed by atoms with Gasteiger partial charge in [0.25, 0.3) is 0 Å². The first-order valence-corrected chi connectivity index (χ1v) is 7.67. The largest absolute Gasteiger partial charge is 0.497 e. The number of ether oxygens (including phenoxy) is 1.